The Hall–Kier alpha value is -3.02. The smallest absolute Gasteiger partial charge is 0.251 e. The molecule has 2 aromatic heterocycles. The van der Waals surface area contributed by atoms with Gasteiger partial charge in [0, 0.05) is 18.0 Å². The van der Waals surface area contributed by atoms with Crippen LogP contribution in [0.4, 0.5) is 0 Å². The molecule has 0 radical (unpaired) electrons. The van der Waals surface area contributed by atoms with Gasteiger partial charge in [0.15, 0.2) is 0 Å². The molecule has 2 heterocycles. The molecule has 116 valence electrons. The summed E-state index contributed by atoms with van der Waals surface area (Å²) in [5.74, 6) is 0.559. The Kier molecular flexibility index (Phi) is 4.14. The summed E-state index contributed by atoms with van der Waals surface area (Å²) in [7, 11) is 0. The zero-order valence-corrected chi connectivity index (χ0v) is 12.9. The van der Waals surface area contributed by atoms with Gasteiger partial charge in [-0.2, -0.15) is 0 Å². The molecule has 1 amide bonds. The number of aryl methyl sites for hydroxylation is 2. The van der Waals surface area contributed by atoms with E-state index in [0.717, 1.165) is 16.7 Å². The highest BCUT2D eigenvalue weighted by Gasteiger charge is 2.11. The number of aromatic nitrogens is 3. The van der Waals surface area contributed by atoms with E-state index in [1.165, 1.54) is 0 Å². The Morgan fingerprint density at radius 3 is 2.78 bits per heavy atom. The largest absolute Gasteiger partial charge is 0.419 e. The number of carbonyl (C=O) groups is 1. The minimum Gasteiger partial charge on any atom is -0.419 e. The number of hydrogen-bond donors (Lipinski definition) is 1. The summed E-state index contributed by atoms with van der Waals surface area (Å²) in [6.07, 6.45) is 3.31. The number of amides is 1. The predicted octanol–water partition coefficient (Wildman–Crippen LogP) is 2.68. The van der Waals surface area contributed by atoms with Crippen molar-refractivity contribution in [3.63, 3.8) is 0 Å². The Labute approximate surface area is 133 Å². The number of carbonyl (C=O) groups excluding carboxylic acids is 1. The van der Waals surface area contributed by atoms with E-state index in [2.05, 4.69) is 20.5 Å². The van der Waals surface area contributed by atoms with Crippen molar-refractivity contribution in [1.82, 2.24) is 20.5 Å². The van der Waals surface area contributed by atoms with E-state index in [4.69, 9.17) is 4.42 Å². The fourth-order valence-electron chi connectivity index (χ4n) is 2.07. The monoisotopic (exact) mass is 308 g/mol. The van der Waals surface area contributed by atoms with Crippen molar-refractivity contribution in [2.45, 2.75) is 20.4 Å². The second kappa shape index (κ2) is 6.39. The van der Waals surface area contributed by atoms with E-state index in [1.807, 2.05) is 32.0 Å². The van der Waals surface area contributed by atoms with Gasteiger partial charge in [-0.05, 0) is 49.2 Å². The summed E-state index contributed by atoms with van der Waals surface area (Å²) in [5, 5.41) is 10.7. The first-order valence-corrected chi connectivity index (χ1v) is 7.22. The highest BCUT2D eigenvalue weighted by molar-refractivity contribution is 5.94. The summed E-state index contributed by atoms with van der Waals surface area (Å²) in [6, 6.07) is 9.21. The van der Waals surface area contributed by atoms with E-state index in [-0.39, 0.29) is 12.5 Å². The maximum Gasteiger partial charge on any atom is 0.251 e. The van der Waals surface area contributed by atoms with E-state index < -0.39 is 0 Å². The molecule has 0 spiro atoms. The summed E-state index contributed by atoms with van der Waals surface area (Å²) in [6.45, 7) is 4.17. The third-order valence-electron chi connectivity index (χ3n) is 3.54. The number of rotatable bonds is 4. The zero-order valence-electron chi connectivity index (χ0n) is 12.9. The predicted molar refractivity (Wildman–Crippen MR) is 84.6 cm³/mol. The second-order valence-electron chi connectivity index (χ2n) is 5.22. The molecule has 0 unspecified atom stereocenters. The lowest BCUT2D eigenvalue weighted by atomic mass is 10.1. The molecule has 3 aromatic rings. The molecule has 23 heavy (non-hydrogen) atoms. The fraction of sp³-hybridized carbons (Fsp3) is 0.176. The SMILES string of the molecule is Cc1ccc(C(=O)NCc2nnc(-c3cccnc3)o2)cc1C. The second-order valence-corrected chi connectivity index (χ2v) is 5.22. The summed E-state index contributed by atoms with van der Waals surface area (Å²) >= 11 is 0. The van der Waals surface area contributed by atoms with Crippen LogP contribution in [-0.4, -0.2) is 21.1 Å². The van der Waals surface area contributed by atoms with Gasteiger partial charge >= 0.3 is 0 Å². The minimum atomic E-state index is -0.172. The van der Waals surface area contributed by atoms with Crippen LogP contribution < -0.4 is 5.32 Å². The third kappa shape index (κ3) is 3.42. The number of nitrogens with one attached hydrogen (secondary N) is 1. The lowest BCUT2D eigenvalue weighted by Crippen LogP contribution is -2.23. The molecule has 0 fully saturated rings. The zero-order chi connectivity index (χ0) is 16.2. The van der Waals surface area contributed by atoms with Crippen LogP contribution in [-0.2, 0) is 6.54 Å². The molecule has 0 aliphatic heterocycles. The first kappa shape index (κ1) is 14.9. The molecule has 6 heteroatoms. The average Bonchev–Trinajstić information content (AvgIpc) is 3.05. The lowest BCUT2D eigenvalue weighted by molar-refractivity contribution is 0.0947. The Morgan fingerprint density at radius 1 is 1.17 bits per heavy atom. The van der Waals surface area contributed by atoms with Crippen molar-refractivity contribution < 1.29 is 9.21 Å². The highest BCUT2D eigenvalue weighted by Crippen LogP contribution is 2.16. The van der Waals surface area contributed by atoms with Crippen LogP contribution in [0.15, 0.2) is 47.1 Å². The fourth-order valence-corrected chi connectivity index (χ4v) is 2.07. The van der Waals surface area contributed by atoms with Crippen LogP contribution in [0.1, 0.15) is 27.4 Å². The van der Waals surface area contributed by atoms with E-state index in [0.29, 0.717) is 17.3 Å². The molecule has 0 aliphatic carbocycles. The van der Waals surface area contributed by atoms with Crippen molar-refractivity contribution in [2.24, 2.45) is 0 Å². The molecule has 6 nitrogen and oxygen atoms in total. The Bertz CT molecular complexity index is 828. The van der Waals surface area contributed by atoms with Gasteiger partial charge in [-0.3, -0.25) is 9.78 Å². The molecule has 1 N–H and O–H groups in total. The molecule has 0 saturated carbocycles. The van der Waals surface area contributed by atoms with Crippen LogP contribution in [0.25, 0.3) is 11.5 Å². The molecule has 0 atom stereocenters. The van der Waals surface area contributed by atoms with Crippen LogP contribution >= 0.6 is 0 Å². The van der Waals surface area contributed by atoms with Crippen LogP contribution in [0.3, 0.4) is 0 Å². The topological polar surface area (TPSA) is 80.9 Å². The van der Waals surface area contributed by atoms with Crippen LogP contribution in [0, 0.1) is 13.8 Å². The van der Waals surface area contributed by atoms with Gasteiger partial charge in [0.1, 0.15) is 0 Å². The first-order chi connectivity index (χ1) is 11.1. The van der Waals surface area contributed by atoms with E-state index >= 15 is 0 Å². The van der Waals surface area contributed by atoms with Crippen LogP contribution in [0.2, 0.25) is 0 Å². The first-order valence-electron chi connectivity index (χ1n) is 7.22. The molecule has 0 bridgehead atoms. The van der Waals surface area contributed by atoms with E-state index in [9.17, 15) is 4.79 Å². The highest BCUT2D eigenvalue weighted by atomic mass is 16.4. The van der Waals surface area contributed by atoms with Crippen LogP contribution in [0.5, 0.6) is 0 Å². The number of benzene rings is 1. The molecule has 0 saturated heterocycles. The Morgan fingerprint density at radius 2 is 2.04 bits per heavy atom. The molecule has 0 aliphatic rings. The van der Waals surface area contributed by atoms with Gasteiger partial charge in [-0.15, -0.1) is 10.2 Å². The number of pyridine rings is 1. The molecule has 3 rings (SSSR count). The lowest BCUT2D eigenvalue weighted by Gasteiger charge is -2.05. The van der Waals surface area contributed by atoms with E-state index in [1.54, 1.807) is 24.5 Å². The Balaban J connectivity index is 1.65. The van der Waals surface area contributed by atoms with Crippen molar-refractivity contribution in [3.8, 4) is 11.5 Å². The van der Waals surface area contributed by atoms with Crippen molar-refractivity contribution >= 4 is 5.91 Å². The van der Waals surface area contributed by atoms with Crippen molar-refractivity contribution in [2.75, 3.05) is 0 Å². The average molecular weight is 308 g/mol. The summed E-state index contributed by atoms with van der Waals surface area (Å²) < 4.78 is 5.52. The third-order valence-corrected chi connectivity index (χ3v) is 3.54. The van der Waals surface area contributed by atoms with Gasteiger partial charge in [0.2, 0.25) is 11.8 Å². The number of hydrogen-bond acceptors (Lipinski definition) is 5. The quantitative estimate of drug-likeness (QED) is 0.801. The maximum atomic E-state index is 12.1. The minimum absolute atomic E-state index is 0.172. The molecule has 1 aromatic carbocycles. The number of nitrogens with zero attached hydrogens (tertiary/aromatic N) is 3. The normalized spacial score (nSPS) is 10.5. The maximum absolute atomic E-state index is 12.1. The van der Waals surface area contributed by atoms with Gasteiger partial charge in [0.25, 0.3) is 5.91 Å². The summed E-state index contributed by atoms with van der Waals surface area (Å²) in [4.78, 5) is 16.1. The standard InChI is InChI=1S/C17H16N4O2/c1-11-5-6-13(8-12(11)2)16(22)19-10-15-20-21-17(23-15)14-4-3-7-18-9-14/h3-9H,10H2,1-2H3,(H,19,22). The van der Waals surface area contributed by atoms with Gasteiger partial charge < -0.3 is 9.73 Å². The molecular formula is C17H16N4O2. The van der Waals surface area contributed by atoms with Crippen molar-refractivity contribution in [3.05, 3.63) is 65.3 Å². The summed E-state index contributed by atoms with van der Waals surface area (Å²) in [5.41, 5.74) is 3.58. The molecular weight excluding hydrogens is 292 g/mol. The van der Waals surface area contributed by atoms with Gasteiger partial charge in [-0.25, -0.2) is 0 Å². The van der Waals surface area contributed by atoms with Gasteiger partial charge in [-0.1, -0.05) is 6.07 Å². The van der Waals surface area contributed by atoms with Gasteiger partial charge in [0.05, 0.1) is 12.1 Å². The van der Waals surface area contributed by atoms with Crippen molar-refractivity contribution in [1.29, 1.82) is 0 Å².